The molecule has 6 nitrogen and oxygen atoms in total. The molecule has 162 valence electrons. The van der Waals surface area contributed by atoms with Crippen LogP contribution in [0.1, 0.15) is 68.6 Å². The summed E-state index contributed by atoms with van der Waals surface area (Å²) in [7, 11) is -3.61. The Hall–Kier alpha value is -0.960. The highest BCUT2D eigenvalue weighted by molar-refractivity contribution is 9.10. The zero-order valence-corrected chi connectivity index (χ0v) is 19.6. The van der Waals surface area contributed by atoms with E-state index in [0.29, 0.717) is 23.1 Å². The second kappa shape index (κ2) is 9.90. The topological polar surface area (TPSA) is 78.5 Å². The normalized spacial score (nSPS) is 20.3. The average Bonchev–Trinajstić information content (AvgIpc) is 2.73. The molecular formula is C21H32BrN3O3S. The number of nitrogens with one attached hydrogen (secondary N) is 2. The Morgan fingerprint density at radius 1 is 1.10 bits per heavy atom. The summed E-state index contributed by atoms with van der Waals surface area (Å²) in [5.41, 5.74) is 0.391. The van der Waals surface area contributed by atoms with Crippen LogP contribution in [0.5, 0.6) is 0 Å². The molecule has 0 bridgehead atoms. The molecule has 0 aromatic heterocycles. The lowest BCUT2D eigenvalue weighted by atomic mass is 9.79. The van der Waals surface area contributed by atoms with E-state index in [4.69, 9.17) is 0 Å². The molecule has 1 saturated heterocycles. The number of benzene rings is 1. The lowest BCUT2D eigenvalue weighted by Gasteiger charge is -2.48. The van der Waals surface area contributed by atoms with Crippen molar-refractivity contribution in [1.82, 2.24) is 14.9 Å². The molecule has 3 rings (SSSR count). The van der Waals surface area contributed by atoms with Gasteiger partial charge in [0.25, 0.3) is 5.91 Å². The van der Waals surface area contributed by atoms with E-state index >= 15 is 0 Å². The van der Waals surface area contributed by atoms with Crippen molar-refractivity contribution >= 4 is 31.9 Å². The number of hydrogen-bond donors (Lipinski definition) is 2. The largest absolute Gasteiger partial charge is 0.350 e. The van der Waals surface area contributed by atoms with Crippen molar-refractivity contribution in [3.8, 4) is 0 Å². The first kappa shape index (κ1) is 22.7. The van der Waals surface area contributed by atoms with Crippen molar-refractivity contribution in [2.45, 2.75) is 68.7 Å². The molecule has 1 amide bonds. The van der Waals surface area contributed by atoms with E-state index in [9.17, 15) is 13.2 Å². The average molecular weight is 486 g/mol. The number of piperidine rings is 1. The summed E-state index contributed by atoms with van der Waals surface area (Å²) in [4.78, 5) is 15.7. The molecule has 1 heterocycles. The van der Waals surface area contributed by atoms with Crippen molar-refractivity contribution in [1.29, 1.82) is 0 Å². The number of nitrogens with zero attached hydrogens (tertiary/aromatic N) is 1. The molecule has 1 aliphatic carbocycles. The standard InChI is InChI=1S/C21H32BrN3O3S/c1-2-24-29(27,28)17-9-10-19(22)18(15-17)20(26)23-16-21(11-5-3-6-12-21)25-13-7-4-8-14-25/h9-10,15,24H,2-8,11-14,16H2,1H3,(H,23,26). The monoisotopic (exact) mass is 485 g/mol. The quantitative estimate of drug-likeness (QED) is 0.617. The van der Waals surface area contributed by atoms with Crippen LogP contribution in [0.2, 0.25) is 0 Å². The van der Waals surface area contributed by atoms with E-state index in [1.807, 2.05) is 0 Å². The molecule has 1 aromatic rings. The Labute approximate surface area is 183 Å². The zero-order chi connectivity index (χ0) is 20.9. The van der Waals surface area contributed by atoms with Crippen molar-refractivity contribution in [3.05, 3.63) is 28.2 Å². The van der Waals surface area contributed by atoms with Gasteiger partial charge in [0.2, 0.25) is 10.0 Å². The molecule has 0 unspecified atom stereocenters. The van der Waals surface area contributed by atoms with Gasteiger partial charge in [-0.2, -0.15) is 0 Å². The van der Waals surface area contributed by atoms with Gasteiger partial charge in [0.05, 0.1) is 10.5 Å². The maximum atomic E-state index is 13.0. The number of hydrogen-bond acceptors (Lipinski definition) is 4. The molecular weight excluding hydrogens is 454 g/mol. The Balaban J connectivity index is 1.76. The van der Waals surface area contributed by atoms with Crippen LogP contribution in [-0.2, 0) is 10.0 Å². The highest BCUT2D eigenvalue weighted by atomic mass is 79.9. The SMILES string of the molecule is CCNS(=O)(=O)c1ccc(Br)c(C(=O)NCC2(N3CCCCC3)CCCCC2)c1. The minimum absolute atomic E-state index is 0.0360. The fourth-order valence-electron chi connectivity index (χ4n) is 4.64. The summed E-state index contributed by atoms with van der Waals surface area (Å²) in [6.07, 6.45) is 9.64. The van der Waals surface area contributed by atoms with Gasteiger partial charge in [-0.15, -0.1) is 0 Å². The summed E-state index contributed by atoms with van der Waals surface area (Å²) in [5.74, 6) is -0.229. The number of sulfonamides is 1. The fraction of sp³-hybridized carbons (Fsp3) is 0.667. The Kier molecular flexibility index (Phi) is 7.75. The molecule has 2 fully saturated rings. The number of halogens is 1. The molecule has 29 heavy (non-hydrogen) atoms. The van der Waals surface area contributed by atoms with E-state index in [1.54, 1.807) is 13.0 Å². The summed E-state index contributed by atoms with van der Waals surface area (Å²) in [5, 5.41) is 3.13. The van der Waals surface area contributed by atoms with Gasteiger partial charge in [0, 0.05) is 23.1 Å². The van der Waals surface area contributed by atoms with Crippen LogP contribution in [0.25, 0.3) is 0 Å². The molecule has 0 spiro atoms. The number of rotatable bonds is 7. The second-order valence-electron chi connectivity index (χ2n) is 8.16. The zero-order valence-electron chi connectivity index (χ0n) is 17.2. The maximum Gasteiger partial charge on any atom is 0.252 e. The van der Waals surface area contributed by atoms with Gasteiger partial charge in [-0.25, -0.2) is 13.1 Å². The lowest BCUT2D eigenvalue weighted by molar-refractivity contribution is 0.0326. The summed E-state index contributed by atoms with van der Waals surface area (Å²) in [6.45, 7) is 4.86. The van der Waals surface area contributed by atoms with Gasteiger partial charge in [-0.1, -0.05) is 32.6 Å². The minimum atomic E-state index is -3.61. The van der Waals surface area contributed by atoms with Gasteiger partial charge in [0.1, 0.15) is 0 Å². The van der Waals surface area contributed by atoms with Crippen molar-refractivity contribution < 1.29 is 13.2 Å². The fourth-order valence-corrected chi connectivity index (χ4v) is 6.14. The van der Waals surface area contributed by atoms with Crippen LogP contribution in [0.4, 0.5) is 0 Å². The molecule has 2 aliphatic rings. The first-order valence-corrected chi connectivity index (χ1v) is 13.0. The number of amides is 1. The Morgan fingerprint density at radius 3 is 2.41 bits per heavy atom. The minimum Gasteiger partial charge on any atom is -0.350 e. The highest BCUT2D eigenvalue weighted by Gasteiger charge is 2.38. The predicted molar refractivity (Wildman–Crippen MR) is 119 cm³/mol. The van der Waals surface area contributed by atoms with Crippen LogP contribution in [0, 0.1) is 0 Å². The van der Waals surface area contributed by atoms with Crippen LogP contribution >= 0.6 is 15.9 Å². The first-order valence-electron chi connectivity index (χ1n) is 10.7. The third-order valence-electron chi connectivity index (χ3n) is 6.22. The number of carbonyl (C=O) groups is 1. The molecule has 1 saturated carbocycles. The van der Waals surface area contributed by atoms with Crippen LogP contribution in [0.15, 0.2) is 27.6 Å². The Morgan fingerprint density at radius 2 is 1.76 bits per heavy atom. The molecule has 1 aliphatic heterocycles. The van der Waals surface area contributed by atoms with E-state index in [-0.39, 0.29) is 16.3 Å². The summed E-state index contributed by atoms with van der Waals surface area (Å²) in [6, 6.07) is 4.58. The van der Waals surface area contributed by atoms with E-state index in [2.05, 4.69) is 30.9 Å². The van der Waals surface area contributed by atoms with Gasteiger partial charge < -0.3 is 5.32 Å². The van der Waals surface area contributed by atoms with Crippen molar-refractivity contribution in [2.75, 3.05) is 26.2 Å². The molecule has 8 heteroatoms. The first-order chi connectivity index (χ1) is 13.9. The molecule has 0 atom stereocenters. The highest BCUT2D eigenvalue weighted by Crippen LogP contribution is 2.35. The van der Waals surface area contributed by atoms with Gasteiger partial charge >= 0.3 is 0 Å². The molecule has 1 aromatic carbocycles. The summed E-state index contributed by atoms with van der Waals surface area (Å²) >= 11 is 3.41. The smallest absolute Gasteiger partial charge is 0.252 e. The summed E-state index contributed by atoms with van der Waals surface area (Å²) < 4.78 is 27.7. The van der Waals surface area contributed by atoms with Crippen molar-refractivity contribution in [2.24, 2.45) is 0 Å². The van der Waals surface area contributed by atoms with E-state index < -0.39 is 10.0 Å². The third-order valence-corrected chi connectivity index (χ3v) is 8.45. The Bertz CT molecular complexity index is 816. The van der Waals surface area contributed by atoms with Crippen LogP contribution in [-0.4, -0.2) is 50.9 Å². The van der Waals surface area contributed by atoms with Crippen LogP contribution < -0.4 is 10.0 Å². The number of likely N-dealkylation sites (tertiary alicyclic amines) is 1. The third kappa shape index (κ3) is 5.40. The number of carbonyl (C=O) groups excluding carboxylic acids is 1. The maximum absolute atomic E-state index is 13.0. The predicted octanol–water partition coefficient (Wildman–Crippen LogP) is 3.67. The van der Waals surface area contributed by atoms with Gasteiger partial charge in [-0.05, 0) is 72.9 Å². The van der Waals surface area contributed by atoms with Gasteiger partial charge in [0.15, 0.2) is 0 Å². The van der Waals surface area contributed by atoms with Crippen molar-refractivity contribution in [3.63, 3.8) is 0 Å². The molecule has 0 radical (unpaired) electrons. The van der Waals surface area contributed by atoms with E-state index in [1.165, 1.54) is 50.7 Å². The van der Waals surface area contributed by atoms with E-state index in [0.717, 1.165) is 25.9 Å². The molecule has 2 N–H and O–H groups in total. The van der Waals surface area contributed by atoms with Gasteiger partial charge in [-0.3, -0.25) is 9.69 Å². The second-order valence-corrected chi connectivity index (χ2v) is 10.8. The lowest BCUT2D eigenvalue weighted by Crippen LogP contribution is -2.58. The van der Waals surface area contributed by atoms with Crippen LogP contribution in [0.3, 0.4) is 0 Å².